The summed E-state index contributed by atoms with van der Waals surface area (Å²) in [6.45, 7) is 6.04. The number of aryl methyl sites for hydroxylation is 2. The Balaban J connectivity index is 2.07. The van der Waals surface area contributed by atoms with Crippen LogP contribution in [0.2, 0.25) is 0 Å². The van der Waals surface area contributed by atoms with Gasteiger partial charge in [-0.2, -0.15) is 0 Å². The van der Waals surface area contributed by atoms with Crippen LogP contribution in [0, 0.1) is 0 Å². The van der Waals surface area contributed by atoms with Gasteiger partial charge < -0.3 is 9.88 Å². The lowest BCUT2D eigenvalue weighted by Crippen LogP contribution is -2.08. The quantitative estimate of drug-likeness (QED) is 0.854. The van der Waals surface area contributed by atoms with Gasteiger partial charge in [0.2, 0.25) is 0 Å². The fraction of sp³-hybridized carbons (Fsp3) is 0.357. The molecule has 0 saturated carbocycles. The van der Waals surface area contributed by atoms with E-state index in [0.717, 1.165) is 25.3 Å². The van der Waals surface area contributed by atoms with E-state index in [1.54, 1.807) is 0 Å². The lowest BCUT2D eigenvalue weighted by molar-refractivity contribution is 0.708. The molecule has 0 unspecified atom stereocenters. The molecule has 0 aliphatic heterocycles. The van der Waals surface area contributed by atoms with Gasteiger partial charge in [-0.3, -0.25) is 0 Å². The number of para-hydroxylation sites is 1. The Morgan fingerprint density at radius 2 is 2.06 bits per heavy atom. The van der Waals surface area contributed by atoms with Gasteiger partial charge in [0.1, 0.15) is 5.82 Å². The number of rotatable bonds is 5. The largest absolute Gasteiger partial charge is 0.378 e. The molecule has 2 rings (SSSR count). The minimum atomic E-state index is 0.776. The Bertz CT molecular complexity index is 474. The maximum atomic E-state index is 4.36. The van der Waals surface area contributed by atoms with Gasteiger partial charge in [-0.25, -0.2) is 4.98 Å². The minimum absolute atomic E-state index is 0.776. The van der Waals surface area contributed by atoms with Gasteiger partial charge in [-0.1, -0.05) is 25.1 Å². The van der Waals surface area contributed by atoms with E-state index in [1.165, 1.54) is 11.3 Å². The Labute approximate surface area is 103 Å². The molecule has 1 N–H and O–H groups in total. The second-order valence-corrected chi connectivity index (χ2v) is 3.99. The second-order valence-electron chi connectivity index (χ2n) is 3.99. The molecule has 0 radical (unpaired) electrons. The van der Waals surface area contributed by atoms with Crippen LogP contribution >= 0.6 is 0 Å². The summed E-state index contributed by atoms with van der Waals surface area (Å²) in [4.78, 5) is 4.36. The van der Waals surface area contributed by atoms with Gasteiger partial charge in [0.05, 0.1) is 6.54 Å². The summed E-state index contributed by atoms with van der Waals surface area (Å²) in [7, 11) is 0. The van der Waals surface area contributed by atoms with E-state index in [1.807, 2.05) is 12.4 Å². The zero-order chi connectivity index (χ0) is 12.1. The summed E-state index contributed by atoms with van der Waals surface area (Å²) < 4.78 is 2.15. The van der Waals surface area contributed by atoms with Crippen molar-refractivity contribution >= 4 is 5.69 Å². The number of benzene rings is 1. The number of imidazole rings is 1. The molecular formula is C14H19N3. The van der Waals surface area contributed by atoms with E-state index in [2.05, 4.69) is 53.0 Å². The molecule has 17 heavy (non-hydrogen) atoms. The molecule has 0 fully saturated rings. The zero-order valence-electron chi connectivity index (χ0n) is 10.5. The minimum Gasteiger partial charge on any atom is -0.378 e. The average molecular weight is 229 g/mol. The van der Waals surface area contributed by atoms with Crippen LogP contribution in [-0.2, 0) is 19.5 Å². The molecule has 0 aliphatic carbocycles. The van der Waals surface area contributed by atoms with E-state index in [0.29, 0.717) is 0 Å². The summed E-state index contributed by atoms with van der Waals surface area (Å²) in [5.74, 6) is 1.08. The SMILES string of the molecule is CCc1ccccc1NCc1nccn1CC. The predicted molar refractivity (Wildman–Crippen MR) is 71.0 cm³/mol. The van der Waals surface area contributed by atoms with Crippen molar-refractivity contribution in [3.63, 3.8) is 0 Å². The van der Waals surface area contributed by atoms with Crippen molar-refractivity contribution in [2.45, 2.75) is 33.4 Å². The third-order valence-electron chi connectivity index (χ3n) is 2.98. The normalized spacial score (nSPS) is 10.5. The maximum Gasteiger partial charge on any atom is 0.128 e. The van der Waals surface area contributed by atoms with Gasteiger partial charge in [0.25, 0.3) is 0 Å². The van der Waals surface area contributed by atoms with Crippen LogP contribution in [-0.4, -0.2) is 9.55 Å². The number of aromatic nitrogens is 2. The highest BCUT2D eigenvalue weighted by atomic mass is 15.1. The third kappa shape index (κ3) is 2.67. The van der Waals surface area contributed by atoms with E-state index >= 15 is 0 Å². The third-order valence-corrected chi connectivity index (χ3v) is 2.98. The second kappa shape index (κ2) is 5.53. The van der Waals surface area contributed by atoms with E-state index < -0.39 is 0 Å². The molecule has 0 spiro atoms. The lowest BCUT2D eigenvalue weighted by Gasteiger charge is -2.11. The van der Waals surface area contributed by atoms with Gasteiger partial charge in [0.15, 0.2) is 0 Å². The van der Waals surface area contributed by atoms with Gasteiger partial charge >= 0.3 is 0 Å². The van der Waals surface area contributed by atoms with E-state index in [-0.39, 0.29) is 0 Å². The monoisotopic (exact) mass is 229 g/mol. The molecule has 1 aromatic heterocycles. The van der Waals surface area contributed by atoms with Crippen LogP contribution in [0.15, 0.2) is 36.7 Å². The molecule has 0 amide bonds. The maximum absolute atomic E-state index is 4.36. The number of nitrogens with one attached hydrogen (secondary N) is 1. The fourth-order valence-electron chi connectivity index (χ4n) is 1.97. The Hall–Kier alpha value is -1.77. The standard InChI is InChI=1S/C14H19N3/c1-3-12-7-5-6-8-13(12)16-11-14-15-9-10-17(14)4-2/h5-10,16H,3-4,11H2,1-2H3. The first-order valence-electron chi connectivity index (χ1n) is 6.17. The van der Waals surface area contributed by atoms with Crippen molar-refractivity contribution in [2.75, 3.05) is 5.32 Å². The molecule has 0 atom stereocenters. The highest BCUT2D eigenvalue weighted by Gasteiger charge is 2.02. The first-order chi connectivity index (χ1) is 8.35. The Morgan fingerprint density at radius 1 is 1.24 bits per heavy atom. The molecule has 3 heteroatoms. The number of hydrogen-bond acceptors (Lipinski definition) is 2. The molecule has 1 aromatic carbocycles. The first kappa shape index (κ1) is 11.7. The zero-order valence-corrected chi connectivity index (χ0v) is 10.5. The van der Waals surface area contributed by atoms with Crippen molar-refractivity contribution in [3.05, 3.63) is 48.0 Å². The van der Waals surface area contributed by atoms with Gasteiger partial charge in [-0.15, -0.1) is 0 Å². The number of anilines is 1. The fourth-order valence-corrected chi connectivity index (χ4v) is 1.97. The van der Waals surface area contributed by atoms with Crippen LogP contribution in [0.5, 0.6) is 0 Å². The number of hydrogen-bond donors (Lipinski definition) is 1. The average Bonchev–Trinajstić information content (AvgIpc) is 2.84. The summed E-state index contributed by atoms with van der Waals surface area (Å²) >= 11 is 0. The van der Waals surface area contributed by atoms with Crippen LogP contribution in [0.1, 0.15) is 25.2 Å². The van der Waals surface area contributed by atoms with Crippen LogP contribution in [0.4, 0.5) is 5.69 Å². The van der Waals surface area contributed by atoms with E-state index in [4.69, 9.17) is 0 Å². The first-order valence-corrected chi connectivity index (χ1v) is 6.17. The van der Waals surface area contributed by atoms with Crippen molar-refractivity contribution in [3.8, 4) is 0 Å². The smallest absolute Gasteiger partial charge is 0.128 e. The topological polar surface area (TPSA) is 29.9 Å². The molecule has 90 valence electrons. The van der Waals surface area contributed by atoms with Crippen molar-refractivity contribution in [1.82, 2.24) is 9.55 Å². The Kier molecular flexibility index (Phi) is 3.81. The molecular weight excluding hydrogens is 210 g/mol. The molecule has 3 nitrogen and oxygen atoms in total. The van der Waals surface area contributed by atoms with Crippen molar-refractivity contribution in [2.24, 2.45) is 0 Å². The van der Waals surface area contributed by atoms with Crippen LogP contribution in [0.3, 0.4) is 0 Å². The van der Waals surface area contributed by atoms with Gasteiger partial charge in [-0.05, 0) is 25.0 Å². The van der Waals surface area contributed by atoms with Crippen molar-refractivity contribution < 1.29 is 0 Å². The van der Waals surface area contributed by atoms with Crippen LogP contribution in [0.25, 0.3) is 0 Å². The highest BCUT2D eigenvalue weighted by Crippen LogP contribution is 2.16. The molecule has 2 aromatic rings. The molecule has 0 aliphatic rings. The Morgan fingerprint density at radius 3 is 2.82 bits per heavy atom. The molecule has 0 bridgehead atoms. The van der Waals surface area contributed by atoms with Crippen LogP contribution < -0.4 is 5.32 Å². The highest BCUT2D eigenvalue weighted by molar-refractivity contribution is 5.51. The summed E-state index contributed by atoms with van der Waals surface area (Å²) in [6.07, 6.45) is 4.92. The number of nitrogens with zero attached hydrogens (tertiary/aromatic N) is 2. The predicted octanol–water partition coefficient (Wildman–Crippen LogP) is 3.08. The van der Waals surface area contributed by atoms with E-state index in [9.17, 15) is 0 Å². The summed E-state index contributed by atoms with van der Waals surface area (Å²) in [5, 5.41) is 3.46. The summed E-state index contributed by atoms with van der Waals surface area (Å²) in [6, 6.07) is 8.43. The lowest BCUT2D eigenvalue weighted by atomic mass is 10.1. The molecule has 0 saturated heterocycles. The van der Waals surface area contributed by atoms with Gasteiger partial charge in [0, 0.05) is 24.6 Å². The van der Waals surface area contributed by atoms with Crippen molar-refractivity contribution in [1.29, 1.82) is 0 Å². The summed E-state index contributed by atoms with van der Waals surface area (Å²) in [5.41, 5.74) is 2.56. The molecule has 1 heterocycles.